The van der Waals surface area contributed by atoms with E-state index >= 15 is 0 Å². The minimum Gasteiger partial charge on any atom is -0.490 e. The number of carbonyl (C=O) groups is 3. The first-order valence-electron chi connectivity index (χ1n) is 11.2. The lowest BCUT2D eigenvalue weighted by Gasteiger charge is -2.13. The molecule has 0 bridgehead atoms. The third-order valence-electron chi connectivity index (χ3n) is 5.35. The van der Waals surface area contributed by atoms with Gasteiger partial charge in [0, 0.05) is 5.56 Å². The normalized spacial score (nSPS) is 14.5. The van der Waals surface area contributed by atoms with E-state index in [4.69, 9.17) is 9.47 Å². The van der Waals surface area contributed by atoms with Crippen molar-refractivity contribution >= 4 is 34.8 Å². The number of Topliss-reactive ketones (excluding diaryl/α,β-unsaturated/α-hetero) is 1. The summed E-state index contributed by atoms with van der Waals surface area (Å²) in [7, 11) is 0. The number of nitrogens with zero attached hydrogens (tertiary/aromatic N) is 1. The van der Waals surface area contributed by atoms with Gasteiger partial charge in [-0.2, -0.15) is 0 Å². The summed E-state index contributed by atoms with van der Waals surface area (Å²) in [5, 5.41) is -0.463. The maximum Gasteiger partial charge on any atom is 0.293 e. The van der Waals surface area contributed by atoms with Gasteiger partial charge in [-0.05, 0) is 54.9 Å². The van der Waals surface area contributed by atoms with Gasteiger partial charge in [-0.15, -0.1) is 0 Å². The first kappa shape index (κ1) is 24.3. The average molecular weight is 488 g/mol. The van der Waals surface area contributed by atoms with E-state index in [1.54, 1.807) is 36.4 Å². The number of thioether (sulfide) groups is 1. The van der Waals surface area contributed by atoms with E-state index in [1.807, 2.05) is 56.3 Å². The molecule has 1 aliphatic heterocycles. The summed E-state index contributed by atoms with van der Waals surface area (Å²) in [6.07, 6.45) is 1.63. The van der Waals surface area contributed by atoms with Crippen LogP contribution < -0.4 is 9.47 Å². The van der Waals surface area contributed by atoms with Crippen molar-refractivity contribution in [3.63, 3.8) is 0 Å². The average Bonchev–Trinajstić information content (AvgIpc) is 3.12. The van der Waals surface area contributed by atoms with Crippen LogP contribution in [-0.4, -0.2) is 35.0 Å². The van der Waals surface area contributed by atoms with Crippen molar-refractivity contribution in [2.24, 2.45) is 0 Å². The molecule has 0 radical (unpaired) electrons. The SMILES string of the molecule is CCOc1cc(C=C2SC(=O)N(CC(=O)c3ccc(C)cc3)C2=O)ccc1OCc1ccccc1. The molecule has 0 aromatic heterocycles. The zero-order valence-electron chi connectivity index (χ0n) is 19.5. The molecule has 178 valence electrons. The van der Waals surface area contributed by atoms with E-state index in [0.717, 1.165) is 27.8 Å². The largest absolute Gasteiger partial charge is 0.490 e. The van der Waals surface area contributed by atoms with Gasteiger partial charge < -0.3 is 9.47 Å². The Hall–Kier alpha value is -3.84. The number of amides is 2. The monoisotopic (exact) mass is 487 g/mol. The van der Waals surface area contributed by atoms with E-state index in [2.05, 4.69) is 0 Å². The second-order valence-electron chi connectivity index (χ2n) is 7.97. The molecule has 1 heterocycles. The van der Waals surface area contributed by atoms with Gasteiger partial charge in [0.05, 0.1) is 18.1 Å². The maximum absolute atomic E-state index is 12.9. The maximum atomic E-state index is 12.9. The Bertz CT molecular complexity index is 1270. The van der Waals surface area contributed by atoms with Crippen LogP contribution in [0.1, 0.15) is 34.0 Å². The number of ether oxygens (including phenoxy) is 2. The van der Waals surface area contributed by atoms with Gasteiger partial charge in [-0.3, -0.25) is 19.3 Å². The number of ketones is 1. The molecule has 1 saturated heterocycles. The summed E-state index contributed by atoms with van der Waals surface area (Å²) in [5.41, 5.74) is 3.22. The van der Waals surface area contributed by atoms with E-state index in [1.165, 1.54) is 0 Å². The predicted molar refractivity (Wildman–Crippen MR) is 137 cm³/mol. The summed E-state index contributed by atoms with van der Waals surface area (Å²) >= 11 is 0.821. The van der Waals surface area contributed by atoms with Crippen LogP contribution in [0.15, 0.2) is 77.7 Å². The lowest BCUT2D eigenvalue weighted by atomic mass is 10.1. The van der Waals surface area contributed by atoms with Gasteiger partial charge >= 0.3 is 0 Å². The number of hydrogen-bond acceptors (Lipinski definition) is 6. The van der Waals surface area contributed by atoms with Crippen molar-refractivity contribution in [1.82, 2.24) is 4.90 Å². The number of hydrogen-bond donors (Lipinski definition) is 0. The highest BCUT2D eigenvalue weighted by atomic mass is 32.2. The van der Waals surface area contributed by atoms with Crippen molar-refractivity contribution < 1.29 is 23.9 Å². The van der Waals surface area contributed by atoms with Crippen LogP contribution in [0.25, 0.3) is 6.08 Å². The highest BCUT2D eigenvalue weighted by molar-refractivity contribution is 8.18. The van der Waals surface area contributed by atoms with Crippen LogP contribution in [-0.2, 0) is 11.4 Å². The van der Waals surface area contributed by atoms with E-state index in [-0.39, 0.29) is 17.2 Å². The topological polar surface area (TPSA) is 72.9 Å². The number of rotatable bonds is 9. The molecule has 1 fully saturated rings. The first-order valence-corrected chi connectivity index (χ1v) is 12.0. The van der Waals surface area contributed by atoms with Crippen LogP contribution >= 0.6 is 11.8 Å². The molecule has 7 heteroatoms. The van der Waals surface area contributed by atoms with Crippen molar-refractivity contribution in [2.75, 3.05) is 13.2 Å². The summed E-state index contributed by atoms with van der Waals surface area (Å²) in [4.78, 5) is 39.2. The molecule has 6 nitrogen and oxygen atoms in total. The van der Waals surface area contributed by atoms with Crippen LogP contribution in [0.4, 0.5) is 4.79 Å². The number of carbonyl (C=O) groups excluding carboxylic acids is 3. The predicted octanol–water partition coefficient (Wildman–Crippen LogP) is 5.89. The van der Waals surface area contributed by atoms with Crippen molar-refractivity contribution in [2.45, 2.75) is 20.5 Å². The Morgan fingerprint density at radius 2 is 1.69 bits per heavy atom. The molecule has 3 aromatic rings. The minimum absolute atomic E-state index is 0.257. The lowest BCUT2D eigenvalue weighted by molar-refractivity contribution is -0.122. The summed E-state index contributed by atoms with van der Waals surface area (Å²) in [5.74, 6) is 0.366. The first-order chi connectivity index (χ1) is 16.9. The molecule has 0 spiro atoms. The Kier molecular flexibility index (Phi) is 7.67. The minimum atomic E-state index is -0.483. The molecule has 0 aliphatic carbocycles. The summed E-state index contributed by atoms with van der Waals surface area (Å²) < 4.78 is 11.7. The van der Waals surface area contributed by atoms with E-state index in [9.17, 15) is 14.4 Å². The molecule has 0 unspecified atom stereocenters. The fraction of sp³-hybridized carbons (Fsp3) is 0.179. The van der Waals surface area contributed by atoms with E-state index < -0.39 is 11.1 Å². The third kappa shape index (κ3) is 6.00. The Morgan fingerprint density at radius 1 is 0.943 bits per heavy atom. The van der Waals surface area contributed by atoms with Crippen LogP contribution in [0.3, 0.4) is 0 Å². The van der Waals surface area contributed by atoms with Crippen molar-refractivity contribution in [3.05, 3.63) is 100.0 Å². The molecular weight excluding hydrogens is 462 g/mol. The van der Waals surface area contributed by atoms with E-state index in [0.29, 0.717) is 35.8 Å². The van der Waals surface area contributed by atoms with Crippen LogP contribution in [0.5, 0.6) is 11.5 Å². The molecule has 1 aliphatic rings. The summed E-state index contributed by atoms with van der Waals surface area (Å²) in [6.45, 7) is 4.36. The molecule has 0 N–H and O–H groups in total. The van der Waals surface area contributed by atoms with Gasteiger partial charge in [0.1, 0.15) is 6.61 Å². The molecule has 35 heavy (non-hydrogen) atoms. The Morgan fingerprint density at radius 3 is 2.40 bits per heavy atom. The Labute approximate surface area is 208 Å². The zero-order chi connectivity index (χ0) is 24.8. The van der Waals surface area contributed by atoms with Crippen LogP contribution in [0, 0.1) is 6.92 Å². The van der Waals surface area contributed by atoms with Gasteiger partial charge in [0.25, 0.3) is 11.1 Å². The fourth-order valence-electron chi connectivity index (χ4n) is 3.50. The fourth-order valence-corrected chi connectivity index (χ4v) is 4.34. The quantitative estimate of drug-likeness (QED) is 0.277. The zero-order valence-corrected chi connectivity index (χ0v) is 20.3. The summed E-state index contributed by atoms with van der Waals surface area (Å²) in [6, 6.07) is 22.2. The van der Waals surface area contributed by atoms with Gasteiger partial charge in [-0.25, -0.2) is 0 Å². The highest BCUT2D eigenvalue weighted by Crippen LogP contribution is 2.35. The smallest absolute Gasteiger partial charge is 0.293 e. The second-order valence-corrected chi connectivity index (χ2v) is 8.96. The lowest BCUT2D eigenvalue weighted by Crippen LogP contribution is -2.33. The molecule has 0 atom stereocenters. The molecule has 3 aromatic carbocycles. The molecular formula is C28H25NO5S. The Balaban J connectivity index is 1.48. The third-order valence-corrected chi connectivity index (χ3v) is 6.26. The van der Waals surface area contributed by atoms with Crippen molar-refractivity contribution in [1.29, 1.82) is 0 Å². The highest BCUT2D eigenvalue weighted by Gasteiger charge is 2.36. The molecule has 0 saturated carbocycles. The number of benzene rings is 3. The molecule has 4 rings (SSSR count). The van der Waals surface area contributed by atoms with Crippen molar-refractivity contribution in [3.8, 4) is 11.5 Å². The number of imide groups is 1. The molecule has 2 amide bonds. The van der Waals surface area contributed by atoms with Crippen LogP contribution in [0.2, 0.25) is 0 Å². The van der Waals surface area contributed by atoms with Gasteiger partial charge in [0.15, 0.2) is 17.3 Å². The second kappa shape index (κ2) is 11.1. The van der Waals surface area contributed by atoms with Gasteiger partial charge in [-0.1, -0.05) is 66.2 Å². The standard InChI is InChI=1S/C28H25NO5S/c1-3-33-25-15-21(11-14-24(25)34-18-20-7-5-4-6-8-20)16-26-27(31)29(28(32)35-26)17-23(30)22-12-9-19(2)10-13-22/h4-16H,3,17-18H2,1-2H3. The number of aryl methyl sites for hydroxylation is 1. The van der Waals surface area contributed by atoms with Gasteiger partial charge in [0.2, 0.25) is 0 Å².